The molecule has 114 valence electrons. The second kappa shape index (κ2) is 5.76. The van der Waals surface area contributed by atoms with Crippen molar-refractivity contribution in [3.8, 4) is 0 Å². The number of aliphatic hydroxyl groups excluding tert-OH is 1. The fraction of sp³-hybridized carbons (Fsp3) is 0.700. The molecule has 3 fully saturated rings. The van der Waals surface area contributed by atoms with Gasteiger partial charge in [-0.3, -0.25) is 0 Å². The summed E-state index contributed by atoms with van der Waals surface area (Å²) in [5.41, 5.74) is 2.66. The molecule has 0 aromatic heterocycles. The van der Waals surface area contributed by atoms with Crippen molar-refractivity contribution in [2.45, 2.75) is 69.8 Å². The van der Waals surface area contributed by atoms with E-state index in [-0.39, 0.29) is 6.10 Å². The molecule has 1 aromatic carbocycles. The molecule has 1 aromatic rings. The summed E-state index contributed by atoms with van der Waals surface area (Å²) in [5, 5.41) is 10.7. The molecule has 0 amide bonds. The summed E-state index contributed by atoms with van der Waals surface area (Å²) in [6, 6.07) is 9.00. The van der Waals surface area contributed by atoms with Crippen molar-refractivity contribution in [2.75, 3.05) is 0 Å². The van der Waals surface area contributed by atoms with Gasteiger partial charge in [0.1, 0.15) is 0 Å². The van der Waals surface area contributed by atoms with Crippen LogP contribution in [-0.4, -0.2) is 5.11 Å². The van der Waals surface area contributed by atoms with Gasteiger partial charge in [0.15, 0.2) is 0 Å². The van der Waals surface area contributed by atoms with E-state index < -0.39 is 0 Å². The smallest absolute Gasteiger partial charge is 0.0820 e. The molecule has 3 aliphatic rings. The Bertz CT molecular complexity index is 471. The highest BCUT2D eigenvalue weighted by atomic mass is 16.3. The summed E-state index contributed by atoms with van der Waals surface area (Å²) >= 11 is 0. The summed E-state index contributed by atoms with van der Waals surface area (Å²) in [6.45, 7) is 0. The molecular formula is C20H28O. The van der Waals surface area contributed by atoms with Crippen molar-refractivity contribution in [3.05, 3.63) is 35.4 Å². The van der Waals surface area contributed by atoms with Gasteiger partial charge in [-0.15, -0.1) is 0 Å². The van der Waals surface area contributed by atoms with Crippen LogP contribution in [0.1, 0.15) is 80.9 Å². The number of rotatable bonds is 3. The highest BCUT2D eigenvalue weighted by molar-refractivity contribution is 5.27. The van der Waals surface area contributed by atoms with Crippen LogP contribution in [0, 0.1) is 17.8 Å². The first-order valence-electron chi connectivity index (χ1n) is 9.09. The average Bonchev–Trinajstić information content (AvgIpc) is 3.18. The summed E-state index contributed by atoms with van der Waals surface area (Å²) < 4.78 is 0. The van der Waals surface area contributed by atoms with Gasteiger partial charge >= 0.3 is 0 Å². The molecule has 0 aliphatic heterocycles. The van der Waals surface area contributed by atoms with E-state index >= 15 is 0 Å². The van der Waals surface area contributed by atoms with Crippen molar-refractivity contribution in [1.82, 2.24) is 0 Å². The molecule has 3 saturated carbocycles. The molecule has 2 bridgehead atoms. The first-order chi connectivity index (χ1) is 10.3. The van der Waals surface area contributed by atoms with Gasteiger partial charge < -0.3 is 5.11 Å². The largest absolute Gasteiger partial charge is 0.388 e. The van der Waals surface area contributed by atoms with Crippen LogP contribution in [0.5, 0.6) is 0 Å². The van der Waals surface area contributed by atoms with Crippen molar-refractivity contribution >= 4 is 0 Å². The molecule has 4 atom stereocenters. The van der Waals surface area contributed by atoms with Crippen LogP contribution in [0.15, 0.2) is 24.3 Å². The third-order valence-electron chi connectivity index (χ3n) is 6.55. The summed E-state index contributed by atoms with van der Waals surface area (Å²) in [5.74, 6) is 3.01. The number of benzene rings is 1. The third-order valence-corrected chi connectivity index (χ3v) is 6.55. The van der Waals surface area contributed by atoms with Crippen molar-refractivity contribution < 1.29 is 5.11 Å². The van der Waals surface area contributed by atoms with E-state index in [0.717, 1.165) is 23.3 Å². The van der Waals surface area contributed by atoms with Gasteiger partial charge in [-0.2, -0.15) is 0 Å². The number of hydrogen-bond acceptors (Lipinski definition) is 1. The Hall–Kier alpha value is -0.820. The Morgan fingerprint density at radius 1 is 0.857 bits per heavy atom. The van der Waals surface area contributed by atoms with Gasteiger partial charge in [0.2, 0.25) is 0 Å². The summed E-state index contributed by atoms with van der Waals surface area (Å²) in [6.07, 6.45) is 12.1. The molecule has 21 heavy (non-hydrogen) atoms. The van der Waals surface area contributed by atoms with E-state index in [1.807, 2.05) is 0 Å². The number of aliphatic hydroxyl groups is 1. The lowest BCUT2D eigenvalue weighted by atomic mass is 9.80. The molecule has 1 nitrogen and oxygen atoms in total. The Labute approximate surface area is 128 Å². The number of fused-ring (bicyclic) bond motifs is 2. The van der Waals surface area contributed by atoms with Crippen LogP contribution in [0.4, 0.5) is 0 Å². The molecule has 0 heterocycles. The monoisotopic (exact) mass is 284 g/mol. The molecule has 1 heteroatoms. The minimum atomic E-state index is -0.222. The maximum absolute atomic E-state index is 10.7. The molecule has 0 spiro atoms. The predicted octanol–water partition coefficient (Wildman–Crippen LogP) is 5.20. The lowest BCUT2D eigenvalue weighted by Crippen LogP contribution is -2.19. The highest BCUT2D eigenvalue weighted by Gasteiger charge is 2.42. The molecule has 1 N–H and O–H groups in total. The molecule has 0 saturated heterocycles. The van der Waals surface area contributed by atoms with E-state index in [9.17, 15) is 5.11 Å². The molecular weight excluding hydrogens is 256 g/mol. The van der Waals surface area contributed by atoms with E-state index in [4.69, 9.17) is 0 Å². The Kier molecular flexibility index (Phi) is 3.79. The Morgan fingerprint density at radius 2 is 1.62 bits per heavy atom. The van der Waals surface area contributed by atoms with Crippen molar-refractivity contribution in [3.63, 3.8) is 0 Å². The fourth-order valence-electron chi connectivity index (χ4n) is 5.33. The van der Waals surface area contributed by atoms with Crippen LogP contribution in [0.2, 0.25) is 0 Å². The van der Waals surface area contributed by atoms with Gasteiger partial charge in [-0.1, -0.05) is 49.9 Å². The van der Waals surface area contributed by atoms with Crippen LogP contribution in [0.3, 0.4) is 0 Å². The van der Waals surface area contributed by atoms with E-state index in [0.29, 0.717) is 5.92 Å². The Morgan fingerprint density at radius 3 is 2.24 bits per heavy atom. The molecule has 3 aliphatic carbocycles. The van der Waals surface area contributed by atoms with Crippen molar-refractivity contribution in [2.24, 2.45) is 17.8 Å². The SMILES string of the molecule is OC(c1ccc(C2CCCCC2)cc1)C1CC2CCC1C2. The van der Waals surface area contributed by atoms with Gasteiger partial charge in [-0.05, 0) is 66.9 Å². The molecule has 4 rings (SSSR count). The van der Waals surface area contributed by atoms with E-state index in [1.165, 1.54) is 63.4 Å². The average molecular weight is 284 g/mol. The predicted molar refractivity (Wildman–Crippen MR) is 86.2 cm³/mol. The zero-order valence-electron chi connectivity index (χ0n) is 13.0. The third kappa shape index (κ3) is 2.65. The summed E-state index contributed by atoms with van der Waals surface area (Å²) in [7, 11) is 0. The second-order valence-corrected chi connectivity index (χ2v) is 7.79. The van der Waals surface area contributed by atoms with Crippen LogP contribution >= 0.6 is 0 Å². The van der Waals surface area contributed by atoms with Gasteiger partial charge in [0, 0.05) is 0 Å². The maximum Gasteiger partial charge on any atom is 0.0820 e. The first-order valence-corrected chi connectivity index (χ1v) is 9.09. The summed E-state index contributed by atoms with van der Waals surface area (Å²) in [4.78, 5) is 0. The standard InChI is InChI=1S/C20H28O/c21-20(19-13-14-6-7-18(19)12-14)17-10-8-16(9-11-17)15-4-2-1-3-5-15/h8-11,14-15,18-21H,1-7,12-13H2. The quantitative estimate of drug-likeness (QED) is 0.808. The van der Waals surface area contributed by atoms with Crippen molar-refractivity contribution in [1.29, 1.82) is 0 Å². The zero-order chi connectivity index (χ0) is 14.2. The molecule has 4 unspecified atom stereocenters. The van der Waals surface area contributed by atoms with E-state index in [1.54, 1.807) is 0 Å². The minimum absolute atomic E-state index is 0.222. The van der Waals surface area contributed by atoms with Crippen LogP contribution in [0.25, 0.3) is 0 Å². The normalized spacial score (nSPS) is 34.2. The molecule has 0 radical (unpaired) electrons. The number of hydrogen-bond donors (Lipinski definition) is 1. The van der Waals surface area contributed by atoms with Crippen LogP contribution < -0.4 is 0 Å². The van der Waals surface area contributed by atoms with E-state index in [2.05, 4.69) is 24.3 Å². The van der Waals surface area contributed by atoms with Crippen LogP contribution in [-0.2, 0) is 0 Å². The lowest BCUT2D eigenvalue weighted by Gasteiger charge is -2.27. The second-order valence-electron chi connectivity index (χ2n) is 7.79. The fourth-order valence-corrected chi connectivity index (χ4v) is 5.33. The van der Waals surface area contributed by atoms with Gasteiger partial charge in [0.25, 0.3) is 0 Å². The van der Waals surface area contributed by atoms with Gasteiger partial charge in [-0.25, -0.2) is 0 Å². The van der Waals surface area contributed by atoms with Gasteiger partial charge in [0.05, 0.1) is 6.10 Å². The minimum Gasteiger partial charge on any atom is -0.388 e. The topological polar surface area (TPSA) is 20.2 Å². The zero-order valence-corrected chi connectivity index (χ0v) is 13.0. The highest BCUT2D eigenvalue weighted by Crippen LogP contribution is 2.52. The Balaban J connectivity index is 1.45. The lowest BCUT2D eigenvalue weighted by molar-refractivity contribution is 0.0745. The first kappa shape index (κ1) is 13.8. The maximum atomic E-state index is 10.7.